The van der Waals surface area contributed by atoms with Gasteiger partial charge in [0, 0.05) is 23.6 Å². The third-order valence-corrected chi connectivity index (χ3v) is 3.70. The maximum absolute atomic E-state index is 11.9. The van der Waals surface area contributed by atoms with Gasteiger partial charge in [-0.05, 0) is 37.1 Å². The highest BCUT2D eigenvalue weighted by Crippen LogP contribution is 2.09. The normalized spacial score (nSPS) is 11.6. The number of carbonyl (C=O) groups excluding carboxylic acids is 2. The second-order valence-electron chi connectivity index (χ2n) is 5.47. The highest BCUT2D eigenvalue weighted by molar-refractivity contribution is 6.30. The molecule has 6 nitrogen and oxygen atoms in total. The first kappa shape index (κ1) is 20.0. The van der Waals surface area contributed by atoms with Gasteiger partial charge >= 0.3 is 5.97 Å². The zero-order chi connectivity index (χ0) is 17.9. The largest absolute Gasteiger partial charge is 0.480 e. The van der Waals surface area contributed by atoms with E-state index in [2.05, 4.69) is 10.6 Å². The predicted molar refractivity (Wildman–Crippen MR) is 92.1 cm³/mol. The zero-order valence-electron chi connectivity index (χ0n) is 13.7. The Bertz CT molecular complexity index is 560. The molecule has 1 atom stereocenters. The third-order valence-electron chi connectivity index (χ3n) is 3.45. The lowest BCUT2D eigenvalue weighted by Gasteiger charge is -2.14. The molecular weight excluding hydrogens is 332 g/mol. The molecule has 2 amide bonds. The Labute approximate surface area is 146 Å². The molecule has 0 saturated heterocycles. The molecular formula is C17H23ClN2O4. The lowest BCUT2D eigenvalue weighted by Crippen LogP contribution is -2.40. The van der Waals surface area contributed by atoms with E-state index in [1.54, 1.807) is 24.3 Å². The van der Waals surface area contributed by atoms with Crippen molar-refractivity contribution in [2.24, 2.45) is 0 Å². The van der Waals surface area contributed by atoms with Crippen molar-refractivity contribution < 1.29 is 19.5 Å². The zero-order valence-corrected chi connectivity index (χ0v) is 14.4. The van der Waals surface area contributed by atoms with Gasteiger partial charge in [0.2, 0.25) is 5.91 Å². The fourth-order valence-electron chi connectivity index (χ4n) is 2.09. The molecule has 1 aromatic rings. The summed E-state index contributed by atoms with van der Waals surface area (Å²) in [5.74, 6) is -1.58. The monoisotopic (exact) mass is 354 g/mol. The highest BCUT2D eigenvalue weighted by atomic mass is 35.5. The molecule has 0 spiro atoms. The fourth-order valence-corrected chi connectivity index (χ4v) is 2.21. The second kappa shape index (κ2) is 10.6. The van der Waals surface area contributed by atoms with Crippen LogP contribution in [0.5, 0.6) is 0 Å². The molecule has 0 saturated carbocycles. The number of hydrogen-bond acceptors (Lipinski definition) is 3. The summed E-state index contributed by atoms with van der Waals surface area (Å²) in [5, 5.41) is 14.8. The molecule has 0 unspecified atom stereocenters. The van der Waals surface area contributed by atoms with Crippen molar-refractivity contribution in [2.75, 3.05) is 6.54 Å². The van der Waals surface area contributed by atoms with Crippen LogP contribution in [0.15, 0.2) is 24.3 Å². The molecule has 3 N–H and O–H groups in total. The fraction of sp³-hybridized carbons (Fsp3) is 0.471. The first-order valence-electron chi connectivity index (χ1n) is 8.00. The minimum absolute atomic E-state index is 0.163. The summed E-state index contributed by atoms with van der Waals surface area (Å²) in [4.78, 5) is 34.7. The molecule has 0 aliphatic rings. The van der Waals surface area contributed by atoms with Crippen molar-refractivity contribution in [3.8, 4) is 0 Å². The van der Waals surface area contributed by atoms with Gasteiger partial charge in [0.05, 0.1) is 0 Å². The second-order valence-corrected chi connectivity index (χ2v) is 5.90. The molecule has 0 fully saturated rings. The lowest BCUT2D eigenvalue weighted by atomic mass is 10.1. The average molecular weight is 355 g/mol. The summed E-state index contributed by atoms with van der Waals surface area (Å²) >= 11 is 5.76. The van der Waals surface area contributed by atoms with E-state index < -0.39 is 12.0 Å². The third kappa shape index (κ3) is 7.46. The maximum Gasteiger partial charge on any atom is 0.326 e. The van der Waals surface area contributed by atoms with Crippen LogP contribution in [-0.4, -0.2) is 35.5 Å². The van der Waals surface area contributed by atoms with Crippen LogP contribution in [0.25, 0.3) is 0 Å². The number of nitrogens with one attached hydrogen (secondary N) is 2. The van der Waals surface area contributed by atoms with Crippen LogP contribution < -0.4 is 10.6 Å². The van der Waals surface area contributed by atoms with E-state index in [0.29, 0.717) is 30.0 Å². The van der Waals surface area contributed by atoms with E-state index in [-0.39, 0.29) is 18.2 Å². The van der Waals surface area contributed by atoms with Crippen LogP contribution in [0.3, 0.4) is 0 Å². The number of hydrogen-bond donors (Lipinski definition) is 3. The Morgan fingerprint density at radius 2 is 1.83 bits per heavy atom. The highest BCUT2D eigenvalue weighted by Gasteiger charge is 2.18. The molecule has 7 heteroatoms. The number of unbranched alkanes of at least 4 members (excludes halogenated alkanes) is 1. The Morgan fingerprint density at radius 3 is 2.42 bits per heavy atom. The SMILES string of the molecule is CCCC[C@H](NC(=O)CCCNC(=O)c1ccc(Cl)cc1)C(=O)O. The van der Waals surface area contributed by atoms with Crippen LogP contribution >= 0.6 is 11.6 Å². The van der Waals surface area contributed by atoms with E-state index in [4.69, 9.17) is 16.7 Å². The van der Waals surface area contributed by atoms with Crippen molar-refractivity contribution in [3.05, 3.63) is 34.9 Å². The summed E-state index contributed by atoms with van der Waals surface area (Å²) in [6.07, 6.45) is 2.64. The average Bonchev–Trinajstić information content (AvgIpc) is 2.55. The minimum Gasteiger partial charge on any atom is -0.480 e. The molecule has 0 bridgehead atoms. The smallest absolute Gasteiger partial charge is 0.326 e. The summed E-state index contributed by atoms with van der Waals surface area (Å²) in [7, 11) is 0. The molecule has 24 heavy (non-hydrogen) atoms. The van der Waals surface area contributed by atoms with Gasteiger partial charge in [-0.15, -0.1) is 0 Å². The Kier molecular flexibility index (Phi) is 8.86. The number of carboxylic acids is 1. The molecule has 1 aromatic carbocycles. The lowest BCUT2D eigenvalue weighted by molar-refractivity contribution is -0.142. The van der Waals surface area contributed by atoms with Crippen molar-refractivity contribution in [1.82, 2.24) is 10.6 Å². The van der Waals surface area contributed by atoms with Crippen LogP contribution in [0.4, 0.5) is 0 Å². The number of rotatable bonds is 10. The van der Waals surface area contributed by atoms with E-state index >= 15 is 0 Å². The van der Waals surface area contributed by atoms with Gasteiger partial charge in [-0.25, -0.2) is 4.79 Å². The van der Waals surface area contributed by atoms with Gasteiger partial charge < -0.3 is 15.7 Å². The Morgan fingerprint density at radius 1 is 1.17 bits per heavy atom. The molecule has 0 aliphatic carbocycles. The standard InChI is InChI=1S/C17H23ClN2O4/c1-2-3-5-14(17(23)24)20-15(21)6-4-11-19-16(22)12-7-9-13(18)10-8-12/h7-10,14H,2-6,11H2,1H3,(H,19,22)(H,20,21)(H,23,24)/t14-/m0/s1. The van der Waals surface area contributed by atoms with Crippen molar-refractivity contribution in [1.29, 1.82) is 0 Å². The van der Waals surface area contributed by atoms with Gasteiger partial charge in [0.1, 0.15) is 6.04 Å². The first-order chi connectivity index (χ1) is 11.4. The molecule has 0 radical (unpaired) electrons. The molecule has 1 rings (SSSR count). The molecule has 132 valence electrons. The molecule has 0 aromatic heterocycles. The Hall–Kier alpha value is -2.08. The van der Waals surface area contributed by atoms with Crippen LogP contribution in [-0.2, 0) is 9.59 Å². The summed E-state index contributed by atoms with van der Waals surface area (Å²) in [6.45, 7) is 2.30. The summed E-state index contributed by atoms with van der Waals surface area (Å²) in [5.41, 5.74) is 0.495. The van der Waals surface area contributed by atoms with E-state index in [1.165, 1.54) is 0 Å². The first-order valence-corrected chi connectivity index (χ1v) is 8.37. The van der Waals surface area contributed by atoms with Crippen LogP contribution in [0.1, 0.15) is 49.4 Å². The van der Waals surface area contributed by atoms with Gasteiger partial charge in [0.25, 0.3) is 5.91 Å². The number of halogens is 1. The summed E-state index contributed by atoms with van der Waals surface area (Å²) in [6, 6.07) is 5.66. The van der Waals surface area contributed by atoms with Crippen molar-refractivity contribution in [3.63, 3.8) is 0 Å². The maximum atomic E-state index is 11.9. The Balaban J connectivity index is 2.28. The van der Waals surface area contributed by atoms with Crippen LogP contribution in [0.2, 0.25) is 5.02 Å². The number of amides is 2. The van der Waals surface area contributed by atoms with Gasteiger partial charge in [-0.1, -0.05) is 31.4 Å². The number of aliphatic carboxylic acids is 1. The minimum atomic E-state index is -1.02. The number of carboxylic acid groups (broad SMARTS) is 1. The summed E-state index contributed by atoms with van der Waals surface area (Å²) < 4.78 is 0. The van der Waals surface area contributed by atoms with E-state index in [0.717, 1.165) is 12.8 Å². The van der Waals surface area contributed by atoms with Crippen molar-refractivity contribution in [2.45, 2.75) is 45.1 Å². The van der Waals surface area contributed by atoms with E-state index in [9.17, 15) is 14.4 Å². The molecule has 0 aliphatic heterocycles. The van der Waals surface area contributed by atoms with E-state index in [1.807, 2.05) is 6.92 Å². The van der Waals surface area contributed by atoms with Gasteiger partial charge in [-0.3, -0.25) is 9.59 Å². The molecule has 0 heterocycles. The number of benzene rings is 1. The quantitative estimate of drug-likeness (QED) is 0.563. The van der Waals surface area contributed by atoms with Crippen LogP contribution in [0, 0.1) is 0 Å². The topological polar surface area (TPSA) is 95.5 Å². The van der Waals surface area contributed by atoms with Gasteiger partial charge in [0.15, 0.2) is 0 Å². The van der Waals surface area contributed by atoms with Crippen molar-refractivity contribution >= 4 is 29.4 Å². The predicted octanol–water partition coefficient (Wildman–Crippen LogP) is 2.61. The number of carbonyl (C=O) groups is 3. The van der Waals surface area contributed by atoms with Gasteiger partial charge in [-0.2, -0.15) is 0 Å².